The van der Waals surface area contributed by atoms with Crippen molar-refractivity contribution in [3.8, 4) is 11.1 Å². The van der Waals surface area contributed by atoms with Crippen LogP contribution in [0.4, 0.5) is 4.79 Å². The lowest BCUT2D eigenvalue weighted by Crippen LogP contribution is -2.42. The standard InChI is InChI=1S/C28H33NO6/c1-5-17-33-26(31)24(15-10-16-25(30)35-28(2,3)4)29-27(32)34-18-23-21-13-8-6-11-19(21)20-12-7-9-14-22(20)23/h5-9,11-14,23-24H,1,10,15-18H2,2-4H3,(H,29,32)/t24-/m0/s1. The third-order valence-corrected chi connectivity index (χ3v) is 5.56. The van der Waals surface area contributed by atoms with Crippen molar-refractivity contribution in [3.05, 3.63) is 72.3 Å². The Morgan fingerprint density at radius 3 is 2.17 bits per heavy atom. The first-order valence-corrected chi connectivity index (χ1v) is 11.8. The molecule has 0 aromatic heterocycles. The van der Waals surface area contributed by atoms with Crippen molar-refractivity contribution in [2.75, 3.05) is 13.2 Å². The number of esters is 2. The summed E-state index contributed by atoms with van der Waals surface area (Å²) in [5, 5.41) is 2.60. The lowest BCUT2D eigenvalue weighted by molar-refractivity contribution is -0.155. The average molecular weight is 480 g/mol. The second-order valence-electron chi connectivity index (χ2n) is 9.42. The molecule has 1 aliphatic carbocycles. The summed E-state index contributed by atoms with van der Waals surface area (Å²) in [4.78, 5) is 37.1. The summed E-state index contributed by atoms with van der Waals surface area (Å²) in [5.41, 5.74) is 3.87. The van der Waals surface area contributed by atoms with Gasteiger partial charge in [-0.15, -0.1) is 0 Å². The quantitative estimate of drug-likeness (QED) is 0.288. The van der Waals surface area contributed by atoms with E-state index in [0.29, 0.717) is 6.42 Å². The van der Waals surface area contributed by atoms with Crippen LogP contribution in [0, 0.1) is 0 Å². The molecule has 0 heterocycles. The summed E-state index contributed by atoms with van der Waals surface area (Å²) in [5.74, 6) is -1.06. The molecule has 2 aromatic rings. The zero-order chi connectivity index (χ0) is 25.4. The number of hydrogen-bond acceptors (Lipinski definition) is 6. The SMILES string of the molecule is C=CCOC(=O)[C@H](CCCC(=O)OC(C)(C)C)NC(=O)OCC1c2ccccc2-c2ccccc21. The monoisotopic (exact) mass is 479 g/mol. The van der Waals surface area contributed by atoms with Crippen LogP contribution in [0.2, 0.25) is 0 Å². The van der Waals surface area contributed by atoms with E-state index in [0.717, 1.165) is 22.3 Å². The molecule has 0 spiro atoms. The highest BCUT2D eigenvalue weighted by molar-refractivity contribution is 5.82. The van der Waals surface area contributed by atoms with E-state index in [2.05, 4.69) is 24.0 Å². The summed E-state index contributed by atoms with van der Waals surface area (Å²) in [6, 6.07) is 15.1. The maximum Gasteiger partial charge on any atom is 0.407 e. The molecule has 0 radical (unpaired) electrons. The highest BCUT2D eigenvalue weighted by Gasteiger charge is 2.30. The second kappa shape index (κ2) is 11.7. The molecule has 7 nitrogen and oxygen atoms in total. The molecule has 7 heteroatoms. The van der Waals surface area contributed by atoms with E-state index >= 15 is 0 Å². The van der Waals surface area contributed by atoms with Gasteiger partial charge in [0.15, 0.2) is 0 Å². The molecular weight excluding hydrogens is 446 g/mol. The first kappa shape index (κ1) is 26.0. The van der Waals surface area contributed by atoms with Gasteiger partial charge >= 0.3 is 18.0 Å². The molecule has 1 N–H and O–H groups in total. The number of ether oxygens (including phenoxy) is 3. The van der Waals surface area contributed by atoms with Crippen molar-refractivity contribution in [1.82, 2.24) is 5.32 Å². The van der Waals surface area contributed by atoms with Crippen LogP contribution in [0.15, 0.2) is 61.2 Å². The third kappa shape index (κ3) is 7.18. The molecule has 3 rings (SSSR count). The van der Waals surface area contributed by atoms with E-state index in [4.69, 9.17) is 14.2 Å². The number of fused-ring (bicyclic) bond motifs is 3. The number of nitrogens with one attached hydrogen (secondary N) is 1. The molecule has 0 unspecified atom stereocenters. The summed E-state index contributed by atoms with van der Waals surface area (Å²) in [6.07, 6.45) is 1.40. The molecule has 0 bridgehead atoms. The molecule has 0 saturated carbocycles. The molecule has 35 heavy (non-hydrogen) atoms. The number of benzene rings is 2. The van der Waals surface area contributed by atoms with Gasteiger partial charge < -0.3 is 19.5 Å². The Morgan fingerprint density at radius 2 is 1.60 bits per heavy atom. The van der Waals surface area contributed by atoms with E-state index in [1.54, 1.807) is 20.8 Å². The van der Waals surface area contributed by atoms with Gasteiger partial charge in [0.05, 0.1) is 0 Å². The fraction of sp³-hybridized carbons (Fsp3) is 0.393. The van der Waals surface area contributed by atoms with Crippen molar-refractivity contribution < 1.29 is 28.6 Å². The van der Waals surface area contributed by atoms with Crippen LogP contribution >= 0.6 is 0 Å². The van der Waals surface area contributed by atoms with Crippen LogP contribution in [0.25, 0.3) is 11.1 Å². The van der Waals surface area contributed by atoms with E-state index in [9.17, 15) is 14.4 Å². The summed E-state index contributed by atoms with van der Waals surface area (Å²) in [6.45, 7) is 9.06. The Balaban J connectivity index is 1.59. The molecule has 186 valence electrons. The minimum absolute atomic E-state index is 0.0216. The largest absolute Gasteiger partial charge is 0.460 e. The average Bonchev–Trinajstić information content (AvgIpc) is 3.13. The molecule has 2 aromatic carbocycles. The van der Waals surface area contributed by atoms with Crippen LogP contribution in [0.3, 0.4) is 0 Å². The lowest BCUT2D eigenvalue weighted by Gasteiger charge is -2.20. The van der Waals surface area contributed by atoms with Gasteiger partial charge in [-0.2, -0.15) is 0 Å². The Labute approximate surface area is 206 Å². The predicted molar refractivity (Wildman–Crippen MR) is 133 cm³/mol. The van der Waals surface area contributed by atoms with Crippen molar-refractivity contribution in [2.24, 2.45) is 0 Å². The highest BCUT2D eigenvalue weighted by atomic mass is 16.6. The summed E-state index contributed by atoms with van der Waals surface area (Å²) >= 11 is 0. The highest BCUT2D eigenvalue weighted by Crippen LogP contribution is 2.44. The number of carbonyl (C=O) groups is 3. The number of amides is 1. The van der Waals surface area contributed by atoms with Gasteiger partial charge in [-0.05, 0) is 55.9 Å². The minimum atomic E-state index is -0.951. The number of hydrogen-bond donors (Lipinski definition) is 1. The molecule has 0 aliphatic heterocycles. The van der Waals surface area contributed by atoms with Crippen molar-refractivity contribution in [1.29, 1.82) is 0 Å². The molecule has 1 aliphatic rings. The van der Waals surface area contributed by atoms with Crippen LogP contribution in [-0.2, 0) is 23.8 Å². The molecule has 0 fully saturated rings. The van der Waals surface area contributed by atoms with Gasteiger partial charge in [0, 0.05) is 12.3 Å². The molecule has 0 saturated heterocycles. The van der Waals surface area contributed by atoms with Gasteiger partial charge in [0.1, 0.15) is 24.9 Å². The van der Waals surface area contributed by atoms with E-state index < -0.39 is 23.7 Å². The Bertz CT molecular complexity index is 1030. The zero-order valence-electron chi connectivity index (χ0n) is 20.5. The summed E-state index contributed by atoms with van der Waals surface area (Å²) in [7, 11) is 0. The molecule has 1 atom stereocenters. The zero-order valence-corrected chi connectivity index (χ0v) is 20.5. The third-order valence-electron chi connectivity index (χ3n) is 5.56. The van der Waals surface area contributed by atoms with E-state index in [-0.39, 0.29) is 37.9 Å². The van der Waals surface area contributed by atoms with Crippen LogP contribution in [-0.4, -0.2) is 42.9 Å². The first-order chi connectivity index (χ1) is 16.7. The normalized spacial score (nSPS) is 13.2. The van der Waals surface area contributed by atoms with Crippen LogP contribution in [0.1, 0.15) is 57.1 Å². The second-order valence-corrected chi connectivity index (χ2v) is 9.42. The summed E-state index contributed by atoms with van der Waals surface area (Å²) < 4.78 is 16.0. The maximum atomic E-state index is 12.6. The van der Waals surface area contributed by atoms with Gasteiger partial charge in [-0.1, -0.05) is 61.2 Å². The number of carbonyl (C=O) groups excluding carboxylic acids is 3. The van der Waals surface area contributed by atoms with Crippen LogP contribution < -0.4 is 5.32 Å². The van der Waals surface area contributed by atoms with E-state index in [1.165, 1.54) is 6.08 Å². The van der Waals surface area contributed by atoms with Crippen molar-refractivity contribution in [2.45, 2.75) is 57.6 Å². The Morgan fingerprint density at radius 1 is 1.00 bits per heavy atom. The topological polar surface area (TPSA) is 90.9 Å². The van der Waals surface area contributed by atoms with Gasteiger partial charge in [-0.3, -0.25) is 4.79 Å². The first-order valence-electron chi connectivity index (χ1n) is 11.8. The van der Waals surface area contributed by atoms with E-state index in [1.807, 2.05) is 36.4 Å². The van der Waals surface area contributed by atoms with Gasteiger partial charge in [0.25, 0.3) is 0 Å². The Kier molecular flexibility index (Phi) is 8.68. The van der Waals surface area contributed by atoms with Gasteiger partial charge in [-0.25, -0.2) is 9.59 Å². The van der Waals surface area contributed by atoms with Gasteiger partial charge in [0.2, 0.25) is 0 Å². The van der Waals surface area contributed by atoms with Crippen molar-refractivity contribution >= 4 is 18.0 Å². The fourth-order valence-electron chi connectivity index (χ4n) is 4.12. The predicted octanol–water partition coefficient (Wildman–Crippen LogP) is 5.13. The molecule has 1 amide bonds. The number of rotatable bonds is 10. The fourth-order valence-corrected chi connectivity index (χ4v) is 4.12. The molecular formula is C28H33NO6. The number of alkyl carbamates (subject to hydrolysis) is 1. The smallest absolute Gasteiger partial charge is 0.407 e. The maximum absolute atomic E-state index is 12.6. The lowest BCUT2D eigenvalue weighted by atomic mass is 9.98. The Hall–Kier alpha value is -3.61. The van der Waals surface area contributed by atoms with Crippen molar-refractivity contribution in [3.63, 3.8) is 0 Å². The minimum Gasteiger partial charge on any atom is -0.460 e. The van der Waals surface area contributed by atoms with Crippen LogP contribution in [0.5, 0.6) is 0 Å².